The van der Waals surface area contributed by atoms with Crippen LogP contribution in [0.2, 0.25) is 19.6 Å². The van der Waals surface area contributed by atoms with Crippen LogP contribution in [-0.2, 0) is 24.9 Å². The summed E-state index contributed by atoms with van der Waals surface area (Å²) in [6.07, 6.45) is 0. The molecule has 0 fully saturated rings. The first kappa shape index (κ1) is 13.6. The summed E-state index contributed by atoms with van der Waals surface area (Å²) in [5.74, 6) is -0.667. The van der Waals surface area contributed by atoms with E-state index in [1.807, 2.05) is 0 Å². The Morgan fingerprint density at radius 3 is 1.20 bits per heavy atom. The van der Waals surface area contributed by atoms with Crippen LogP contribution in [0.4, 0.5) is 0 Å². The first-order valence-corrected chi connectivity index (χ1v) is 10.4. The molecule has 0 rings (SSSR count). The molecule has 0 aliphatic carbocycles. The minimum Gasteiger partial charge on any atom is -0.822 e. The maximum absolute atomic E-state index is 8.55. The van der Waals surface area contributed by atoms with Gasteiger partial charge in [-0.1, -0.05) is 0 Å². The molecule has 4 nitrogen and oxygen atoms in total. The molecular weight excluding hydrogens is 356 g/mol. The molecule has 0 radical (unpaired) electrons. The molecule has 0 spiro atoms. The second kappa shape index (κ2) is 4.85. The van der Waals surface area contributed by atoms with Gasteiger partial charge in [0.15, 0.2) is 0 Å². The van der Waals surface area contributed by atoms with Crippen LogP contribution in [0.5, 0.6) is 0 Å². The van der Waals surface area contributed by atoms with Crippen LogP contribution in [0.1, 0.15) is 0 Å². The van der Waals surface area contributed by atoms with Crippen LogP contribution in [-0.4, -0.2) is 5.83 Å². The van der Waals surface area contributed by atoms with Gasteiger partial charge in [0.25, 0.3) is 0 Å². The first-order valence-electron chi connectivity index (χ1n) is 2.38. The Kier molecular flexibility index (Phi) is 6.61. The fourth-order valence-corrected chi connectivity index (χ4v) is 0. The third kappa shape index (κ3) is 518. The summed E-state index contributed by atoms with van der Waals surface area (Å²) >= 11 is 2.68. The zero-order valence-electron chi connectivity index (χ0n) is 5.88. The number of rotatable bonds is 0. The van der Waals surface area contributed by atoms with Crippen molar-refractivity contribution in [3.63, 3.8) is 0 Å². The Labute approximate surface area is 73.0 Å². The van der Waals surface area contributed by atoms with Gasteiger partial charge in [-0.15, -0.1) is 0 Å². The largest absolute Gasteiger partial charge is 0.822 e. The van der Waals surface area contributed by atoms with Crippen molar-refractivity contribution >= 4 is 13.7 Å². The van der Waals surface area contributed by atoms with Gasteiger partial charge in [-0.2, -0.15) is 7.82 Å². The second-order valence-electron chi connectivity index (χ2n) is 2.40. The van der Waals surface area contributed by atoms with E-state index < -0.39 is 13.7 Å². The van der Waals surface area contributed by atoms with Crippen molar-refractivity contribution in [3.05, 3.63) is 0 Å². The average molecular weight is 365 g/mol. The van der Waals surface area contributed by atoms with Gasteiger partial charge in [0.1, 0.15) is 0 Å². The Balaban J connectivity index is 0. The Bertz CT molecular complexity index is 113. The van der Waals surface area contributed by atoms with Crippen LogP contribution in [0, 0.1) is 0 Å². The average Bonchev–Trinajstić information content (AvgIpc) is 1.12. The first-order chi connectivity index (χ1) is 4.00. The van der Waals surface area contributed by atoms with Crippen molar-refractivity contribution in [2.24, 2.45) is 0 Å². The van der Waals surface area contributed by atoms with Gasteiger partial charge in [0.2, 0.25) is 0 Å². The SMILES string of the molecule is C[Si](C)(C)[Au+3].O=P([O-])([O-])[O-]. The van der Waals surface area contributed by atoms with E-state index in [-0.39, 0.29) is 0 Å². The van der Waals surface area contributed by atoms with E-state index in [2.05, 4.69) is 39.9 Å². The van der Waals surface area contributed by atoms with Crippen LogP contribution in [0.3, 0.4) is 0 Å². The fraction of sp³-hybridized carbons (Fsp3) is 1.00. The molecule has 0 saturated heterocycles. The predicted octanol–water partition coefficient (Wildman–Crippen LogP) is -1.46. The van der Waals surface area contributed by atoms with E-state index in [1.165, 1.54) is 0 Å². The minimum absolute atomic E-state index is 0.667. The molecule has 0 saturated carbocycles. The zero-order valence-corrected chi connectivity index (χ0v) is 9.94. The maximum atomic E-state index is 8.55. The van der Waals surface area contributed by atoms with Gasteiger partial charge in [-0.05, 0) is 0 Å². The fourth-order valence-electron chi connectivity index (χ4n) is 0. The summed E-state index contributed by atoms with van der Waals surface area (Å²) in [6.45, 7) is 6.91. The van der Waals surface area contributed by atoms with Crippen LogP contribution in [0.15, 0.2) is 0 Å². The molecule has 10 heavy (non-hydrogen) atoms. The summed E-state index contributed by atoms with van der Waals surface area (Å²) in [5.41, 5.74) is 0. The second-order valence-corrected chi connectivity index (χ2v) is 16.9. The molecule has 0 aromatic heterocycles. The van der Waals surface area contributed by atoms with Crippen molar-refractivity contribution in [3.8, 4) is 0 Å². The summed E-state index contributed by atoms with van der Waals surface area (Å²) in [5, 5.41) is 0. The summed E-state index contributed by atoms with van der Waals surface area (Å²) in [4.78, 5) is 25.6. The summed E-state index contributed by atoms with van der Waals surface area (Å²) in [7, 11) is -5.39. The number of phosphoric acid groups is 1. The topological polar surface area (TPSA) is 86.2 Å². The molecule has 0 bridgehead atoms. The maximum Gasteiger partial charge on any atom is -0.159 e. The molecule has 0 aromatic carbocycles. The molecule has 0 amide bonds. The van der Waals surface area contributed by atoms with E-state index in [0.29, 0.717) is 0 Å². The summed E-state index contributed by atoms with van der Waals surface area (Å²) < 4.78 is 8.55. The molecule has 0 aromatic rings. The third-order valence-corrected chi connectivity index (χ3v) is 0. The minimum atomic E-state index is -5.39. The monoisotopic (exact) mass is 365 g/mol. The van der Waals surface area contributed by atoms with Crippen molar-refractivity contribution in [2.45, 2.75) is 19.6 Å². The molecule has 0 aliphatic heterocycles. The normalized spacial score (nSPS) is 11.9. The van der Waals surface area contributed by atoms with Crippen LogP contribution >= 0.6 is 7.82 Å². The molecule has 7 heteroatoms. The molecule has 65 valence electrons. The van der Waals surface area contributed by atoms with Crippen LogP contribution in [0.25, 0.3) is 0 Å². The Morgan fingerprint density at radius 2 is 1.20 bits per heavy atom. The van der Waals surface area contributed by atoms with E-state index in [9.17, 15) is 0 Å². The van der Waals surface area contributed by atoms with E-state index in [1.54, 1.807) is 0 Å². The molecule has 0 unspecified atom stereocenters. The van der Waals surface area contributed by atoms with Gasteiger partial charge in [-0.25, -0.2) is 0 Å². The van der Waals surface area contributed by atoms with Crippen molar-refractivity contribution in [1.29, 1.82) is 0 Å². The van der Waals surface area contributed by atoms with Gasteiger partial charge in [0.05, 0.1) is 0 Å². The molecule has 0 N–H and O–H groups in total. The van der Waals surface area contributed by atoms with Gasteiger partial charge in [-0.3, -0.25) is 0 Å². The number of hydrogen-bond donors (Lipinski definition) is 0. The third-order valence-electron chi connectivity index (χ3n) is 0. The van der Waals surface area contributed by atoms with E-state index in [4.69, 9.17) is 19.2 Å². The molecule has 0 heterocycles. The Hall–Kier alpha value is 1.07. The van der Waals surface area contributed by atoms with Gasteiger partial charge < -0.3 is 19.2 Å². The molecule has 0 aliphatic rings. The van der Waals surface area contributed by atoms with E-state index >= 15 is 0 Å². The van der Waals surface area contributed by atoms with Crippen LogP contribution < -0.4 is 14.7 Å². The van der Waals surface area contributed by atoms with Crippen molar-refractivity contribution in [1.82, 2.24) is 0 Å². The van der Waals surface area contributed by atoms with Crippen molar-refractivity contribution < 1.29 is 39.6 Å². The standard InChI is InChI=1S/C3H9Si.Au.H3O4P/c1-4(2)3;;1-5(2,3)4/h1-3H3;;(H3,1,2,3,4)/q;+3;/p-3. The van der Waals surface area contributed by atoms with Gasteiger partial charge in [0, 0.05) is 0 Å². The summed E-state index contributed by atoms with van der Waals surface area (Å²) in [6, 6.07) is 0. The molecular formula is C3H9AuO4PSi. The molecule has 0 atom stereocenters. The van der Waals surface area contributed by atoms with E-state index in [0.717, 1.165) is 0 Å². The zero-order chi connectivity index (χ0) is 9.00. The number of hydrogen-bond acceptors (Lipinski definition) is 4. The van der Waals surface area contributed by atoms with Gasteiger partial charge >= 0.3 is 45.8 Å². The smallest absolute Gasteiger partial charge is 0.159 e. The quantitative estimate of drug-likeness (QED) is 0.388. The predicted molar refractivity (Wildman–Crippen MR) is 31.0 cm³/mol. The Morgan fingerprint density at radius 1 is 1.20 bits per heavy atom. The van der Waals surface area contributed by atoms with Crippen molar-refractivity contribution in [2.75, 3.05) is 0 Å².